The van der Waals surface area contributed by atoms with Gasteiger partial charge < -0.3 is 23.4 Å². The molecule has 3 fully saturated rings. The van der Waals surface area contributed by atoms with Crippen molar-refractivity contribution in [1.29, 1.82) is 0 Å². The highest BCUT2D eigenvalue weighted by Gasteiger charge is 2.67. The van der Waals surface area contributed by atoms with Crippen LogP contribution in [0.2, 0.25) is 0 Å². The zero-order chi connectivity index (χ0) is 27.0. The third-order valence-corrected chi connectivity index (χ3v) is 8.40. The van der Waals surface area contributed by atoms with Crippen LogP contribution in [-0.2, 0) is 42.9 Å². The smallest absolute Gasteiger partial charge is 0.331 e. The molecular weight excluding hydrogens is 484 g/mol. The molecule has 1 aromatic rings. The van der Waals surface area contributed by atoms with Crippen LogP contribution >= 0.6 is 0 Å². The zero-order valence-corrected chi connectivity index (χ0v) is 21.4. The lowest BCUT2D eigenvalue weighted by Gasteiger charge is -2.60. The average Bonchev–Trinajstić information content (AvgIpc) is 3.38. The highest BCUT2D eigenvalue weighted by atomic mass is 16.6. The topological polar surface area (TPSA) is 135 Å². The van der Waals surface area contributed by atoms with Gasteiger partial charge in [0.05, 0.1) is 38.1 Å². The first-order valence-electron chi connectivity index (χ1n) is 12.4. The van der Waals surface area contributed by atoms with Crippen LogP contribution < -0.4 is 0 Å². The van der Waals surface area contributed by atoms with Crippen molar-refractivity contribution in [1.82, 2.24) is 0 Å². The fourth-order valence-electron chi connectivity index (χ4n) is 6.77. The van der Waals surface area contributed by atoms with Gasteiger partial charge in [0.2, 0.25) is 0 Å². The molecule has 4 rings (SSSR count). The number of ether oxygens (including phenoxy) is 4. The molecule has 0 aromatic carbocycles. The largest absolute Gasteiger partial charge is 0.472 e. The van der Waals surface area contributed by atoms with Crippen molar-refractivity contribution in [3.8, 4) is 0 Å². The van der Waals surface area contributed by atoms with Crippen LogP contribution in [0.5, 0.6) is 0 Å². The summed E-state index contributed by atoms with van der Waals surface area (Å²) in [6.07, 6.45) is 4.12. The fourth-order valence-corrected chi connectivity index (χ4v) is 6.77. The molecule has 0 unspecified atom stereocenters. The minimum Gasteiger partial charge on any atom is -0.472 e. The highest BCUT2D eigenvalue weighted by Crippen LogP contribution is 2.65. The number of furan rings is 1. The molecule has 1 aromatic heterocycles. The molecule has 200 valence electrons. The van der Waals surface area contributed by atoms with Crippen LogP contribution in [0.3, 0.4) is 0 Å². The fraction of sp³-hybridized carbons (Fsp3) is 0.593. The number of carbonyl (C=O) groups is 5. The van der Waals surface area contributed by atoms with Crippen molar-refractivity contribution < 1.29 is 47.3 Å². The summed E-state index contributed by atoms with van der Waals surface area (Å²) in [5.74, 6) is -4.97. The minimum atomic E-state index is -1.25. The van der Waals surface area contributed by atoms with Gasteiger partial charge in [-0.2, -0.15) is 0 Å². The first kappa shape index (κ1) is 26.6. The molecule has 0 radical (unpaired) electrons. The Morgan fingerprint density at radius 3 is 2.51 bits per heavy atom. The molecule has 2 heterocycles. The number of rotatable bonds is 6. The molecule has 3 aliphatic rings. The molecule has 0 bridgehead atoms. The van der Waals surface area contributed by atoms with Gasteiger partial charge in [-0.3, -0.25) is 14.4 Å². The standard InChI is InChI=1S/C27H32O10/c1-5-35-20(28)6-7-21(29)36-18-12-17(24(31)33-4)26(2)10-8-16-25(32)37-19(15-9-11-34-14-15)13-27(16,3)23(26)22(18)30/h6-7,9,11,14,16-19,23H,5,8,10,12-13H2,1-4H3/b7-6+/t16-,17-,18-,19-,23-,26-,27-/m0/s1. The maximum Gasteiger partial charge on any atom is 0.331 e. The summed E-state index contributed by atoms with van der Waals surface area (Å²) in [6.45, 7) is 5.53. The van der Waals surface area contributed by atoms with Crippen LogP contribution in [0.25, 0.3) is 0 Å². The Labute approximate surface area is 214 Å². The molecule has 1 aliphatic heterocycles. The third kappa shape index (κ3) is 4.69. The summed E-state index contributed by atoms with van der Waals surface area (Å²) >= 11 is 0. The Morgan fingerprint density at radius 1 is 1.14 bits per heavy atom. The van der Waals surface area contributed by atoms with Gasteiger partial charge in [-0.25, -0.2) is 9.59 Å². The maximum absolute atomic E-state index is 14.0. The lowest BCUT2D eigenvalue weighted by molar-refractivity contribution is -0.210. The molecular formula is C27H32O10. The Morgan fingerprint density at radius 2 is 1.86 bits per heavy atom. The quantitative estimate of drug-likeness (QED) is 0.315. The second kappa shape index (κ2) is 10.1. The van der Waals surface area contributed by atoms with Crippen molar-refractivity contribution in [2.75, 3.05) is 13.7 Å². The Bertz CT molecular complexity index is 1100. The number of hydrogen-bond donors (Lipinski definition) is 0. The SMILES string of the molecule is CCOC(=O)/C=C/C(=O)O[C@H]1C[C@@H](C(=O)OC)[C@]2(C)CC[C@H]3C(=O)O[C@H](c4ccoc4)C[C@]3(C)[C@H]2C1=O. The van der Waals surface area contributed by atoms with Gasteiger partial charge in [-0.15, -0.1) is 0 Å². The number of ketones is 1. The summed E-state index contributed by atoms with van der Waals surface area (Å²) in [4.78, 5) is 64.3. The Hall–Kier alpha value is -3.43. The normalized spacial score (nSPS) is 35.2. The van der Waals surface area contributed by atoms with Crippen molar-refractivity contribution in [3.63, 3.8) is 0 Å². The van der Waals surface area contributed by atoms with E-state index in [1.165, 1.54) is 19.6 Å². The third-order valence-electron chi connectivity index (χ3n) is 8.40. The van der Waals surface area contributed by atoms with Crippen molar-refractivity contribution in [3.05, 3.63) is 36.3 Å². The lowest BCUT2D eigenvalue weighted by atomic mass is 9.43. The molecule has 2 aliphatic carbocycles. The molecule has 37 heavy (non-hydrogen) atoms. The number of cyclic esters (lactones) is 1. The van der Waals surface area contributed by atoms with E-state index in [9.17, 15) is 24.0 Å². The Kier molecular flexibility index (Phi) is 7.30. The molecule has 1 saturated heterocycles. The lowest BCUT2D eigenvalue weighted by Crippen LogP contribution is -2.64. The number of esters is 4. The average molecular weight is 517 g/mol. The molecule has 10 nitrogen and oxygen atoms in total. The van der Waals surface area contributed by atoms with Gasteiger partial charge in [0, 0.05) is 30.1 Å². The van der Waals surface area contributed by atoms with E-state index in [0.717, 1.165) is 12.2 Å². The number of fused-ring (bicyclic) bond motifs is 3. The number of methoxy groups -OCH3 is 1. The van der Waals surface area contributed by atoms with Gasteiger partial charge in [0.15, 0.2) is 11.9 Å². The second-order valence-electron chi connectivity index (χ2n) is 10.4. The van der Waals surface area contributed by atoms with E-state index >= 15 is 0 Å². The van der Waals surface area contributed by atoms with Crippen molar-refractivity contribution in [2.45, 2.75) is 58.7 Å². The number of carbonyl (C=O) groups excluding carboxylic acids is 5. The summed E-state index contributed by atoms with van der Waals surface area (Å²) in [6, 6.07) is 1.71. The van der Waals surface area contributed by atoms with E-state index in [4.69, 9.17) is 23.4 Å². The zero-order valence-electron chi connectivity index (χ0n) is 21.4. The molecule has 10 heteroatoms. The van der Waals surface area contributed by atoms with Gasteiger partial charge in [0.1, 0.15) is 6.10 Å². The summed E-state index contributed by atoms with van der Waals surface area (Å²) in [5.41, 5.74) is -1.02. The molecule has 0 amide bonds. The maximum atomic E-state index is 14.0. The summed E-state index contributed by atoms with van der Waals surface area (Å²) in [5, 5.41) is 0. The molecule has 7 atom stereocenters. The van der Waals surface area contributed by atoms with E-state index in [2.05, 4.69) is 0 Å². The van der Waals surface area contributed by atoms with Gasteiger partial charge >= 0.3 is 23.9 Å². The van der Waals surface area contributed by atoms with Gasteiger partial charge in [0.25, 0.3) is 0 Å². The minimum absolute atomic E-state index is 0.0478. The Balaban J connectivity index is 1.69. The summed E-state index contributed by atoms with van der Waals surface area (Å²) in [7, 11) is 1.28. The monoisotopic (exact) mass is 516 g/mol. The highest BCUT2D eigenvalue weighted by molar-refractivity contribution is 5.96. The molecule has 2 saturated carbocycles. The van der Waals surface area contributed by atoms with Crippen molar-refractivity contribution >= 4 is 29.7 Å². The van der Waals surface area contributed by atoms with Crippen LogP contribution in [0, 0.1) is 28.6 Å². The second-order valence-corrected chi connectivity index (χ2v) is 10.4. The van der Waals surface area contributed by atoms with E-state index < -0.39 is 64.7 Å². The van der Waals surface area contributed by atoms with Crippen LogP contribution in [0.15, 0.2) is 35.2 Å². The van der Waals surface area contributed by atoms with E-state index in [-0.39, 0.29) is 18.8 Å². The first-order valence-corrected chi connectivity index (χ1v) is 12.4. The van der Waals surface area contributed by atoms with Crippen LogP contribution in [0.4, 0.5) is 0 Å². The van der Waals surface area contributed by atoms with Crippen LogP contribution in [-0.4, -0.2) is 49.5 Å². The van der Waals surface area contributed by atoms with Gasteiger partial charge in [-0.05, 0) is 43.1 Å². The van der Waals surface area contributed by atoms with E-state index in [1.807, 2.05) is 13.8 Å². The molecule has 0 N–H and O–H groups in total. The number of hydrogen-bond acceptors (Lipinski definition) is 10. The number of Topliss-reactive ketones (excluding diaryl/α,β-unsaturated/α-hetero) is 1. The predicted octanol–water partition coefficient (Wildman–Crippen LogP) is 3.10. The molecule has 0 spiro atoms. The van der Waals surface area contributed by atoms with Gasteiger partial charge in [-0.1, -0.05) is 13.8 Å². The predicted molar refractivity (Wildman–Crippen MR) is 125 cm³/mol. The van der Waals surface area contributed by atoms with E-state index in [1.54, 1.807) is 13.0 Å². The first-order chi connectivity index (χ1) is 17.5. The van der Waals surface area contributed by atoms with Crippen molar-refractivity contribution in [2.24, 2.45) is 28.6 Å². The summed E-state index contributed by atoms with van der Waals surface area (Å²) < 4.78 is 26.3. The van der Waals surface area contributed by atoms with E-state index in [0.29, 0.717) is 24.8 Å². The van der Waals surface area contributed by atoms with Crippen LogP contribution in [0.1, 0.15) is 58.1 Å².